The van der Waals surface area contributed by atoms with Crippen molar-refractivity contribution < 1.29 is 5.76 Å². The summed E-state index contributed by atoms with van der Waals surface area (Å²) >= 11 is 0. The van der Waals surface area contributed by atoms with Gasteiger partial charge in [0, 0.05) is 1.37 Å². The molecule has 0 saturated heterocycles. The summed E-state index contributed by atoms with van der Waals surface area (Å²) in [5, 5.41) is 0. The lowest BCUT2D eigenvalue weighted by Crippen LogP contribution is -2.09. The molecule has 0 nitrogen and oxygen atoms in total. The van der Waals surface area contributed by atoms with Gasteiger partial charge in [-0.15, -0.1) is 0 Å². The molecule has 0 aliphatic heterocycles. The van der Waals surface area contributed by atoms with Crippen LogP contribution in [0.3, 0.4) is 0 Å². The van der Waals surface area contributed by atoms with Crippen LogP contribution in [0, 0.1) is 11.8 Å². The van der Waals surface area contributed by atoms with Crippen LogP contribution < -0.4 is 0 Å². The molecule has 0 amide bonds. The summed E-state index contributed by atoms with van der Waals surface area (Å²) < 4.78 is 20.2. The highest BCUT2D eigenvalue weighted by molar-refractivity contribution is 4.89. The first kappa shape index (κ1) is 3.86. The lowest BCUT2D eigenvalue weighted by atomic mass is 9.99. The first-order valence-corrected chi connectivity index (χ1v) is 3.35. The van der Waals surface area contributed by atoms with Gasteiger partial charge in [-0.1, -0.05) is 0 Å². The van der Waals surface area contributed by atoms with Crippen LogP contribution in [-0.2, 0) is 0 Å². The Morgan fingerprint density at radius 2 is 2.38 bits per heavy atom. The molecule has 1 heteroatoms. The number of alkyl halides is 1. The molecule has 2 rings (SSSR count). The zero-order valence-corrected chi connectivity index (χ0v) is 4.81. The predicted octanol–water partition coefficient (Wildman–Crippen LogP) is 2.14. The monoisotopic (exact) mass is 115 g/mol. The van der Waals surface area contributed by atoms with Crippen molar-refractivity contribution in [3.05, 3.63) is 0 Å². The second kappa shape index (κ2) is 1.46. The Labute approximate surface area is 50.5 Å². The van der Waals surface area contributed by atoms with Crippen molar-refractivity contribution in [2.24, 2.45) is 11.8 Å². The predicted molar refractivity (Wildman–Crippen MR) is 30.3 cm³/mol. The molecule has 0 aromatic carbocycles. The Hall–Kier alpha value is -0.0700. The van der Waals surface area contributed by atoms with E-state index >= 15 is 0 Å². The van der Waals surface area contributed by atoms with E-state index in [1.54, 1.807) is 0 Å². The quantitative estimate of drug-likeness (QED) is 0.453. The maximum absolute atomic E-state index is 12.8. The topological polar surface area (TPSA) is 0 Å². The summed E-state index contributed by atoms with van der Waals surface area (Å²) in [5.74, 6) is 0.669. The Morgan fingerprint density at radius 1 is 1.50 bits per heavy atom. The summed E-state index contributed by atoms with van der Waals surface area (Å²) in [6.45, 7) is 0. The Bertz CT molecular complexity index is 108. The van der Waals surface area contributed by atoms with Crippen LogP contribution >= 0.6 is 0 Å². The summed E-state index contributed by atoms with van der Waals surface area (Å²) in [6.07, 6.45) is 1.99. The van der Waals surface area contributed by atoms with Crippen LogP contribution in [0.1, 0.15) is 27.0 Å². The molecule has 0 aromatic rings. The minimum atomic E-state index is -0.788. The molecule has 0 spiro atoms. The molecule has 2 aliphatic rings. The zero-order chi connectivity index (χ0) is 6.43. The molecule has 0 radical (unpaired) electrons. The fraction of sp³-hybridized carbons (Fsp3) is 1.00. The highest BCUT2D eigenvalue weighted by Crippen LogP contribution is 2.45. The van der Waals surface area contributed by atoms with Gasteiger partial charge in [0.05, 0.1) is 0 Å². The van der Waals surface area contributed by atoms with Gasteiger partial charge in [-0.3, -0.25) is 0 Å². The molecule has 0 aromatic heterocycles. The van der Waals surface area contributed by atoms with Crippen LogP contribution in [0.25, 0.3) is 0 Å². The van der Waals surface area contributed by atoms with E-state index in [-0.39, 0.29) is 12.3 Å². The normalized spacial score (nSPS) is 63.9. The molecule has 46 valence electrons. The lowest BCUT2D eigenvalue weighted by molar-refractivity contribution is 0.231. The minimum Gasteiger partial charge on any atom is -0.247 e. The smallest absolute Gasteiger partial charge is 0.103 e. The third-order valence-electron chi connectivity index (χ3n) is 2.42. The maximum atomic E-state index is 12.8. The molecule has 0 heterocycles. The summed E-state index contributed by atoms with van der Waals surface area (Å²) in [6, 6.07) is 0. The Morgan fingerprint density at radius 3 is 2.75 bits per heavy atom. The van der Waals surface area contributed by atoms with Gasteiger partial charge >= 0.3 is 0 Å². The standard InChI is InChI=1S/C7H11F/c8-7-4-5-1-2-6(7)3-5/h5-7H,1-4H2/t5?,6?,7-/m0/s1/i4D/t4?,5?,6?,7-. The highest BCUT2D eigenvalue weighted by atomic mass is 19.1. The number of hydrogen-bond donors (Lipinski definition) is 0. The molecular weight excluding hydrogens is 103 g/mol. The highest BCUT2D eigenvalue weighted by Gasteiger charge is 2.39. The SMILES string of the molecule is [2H]C1C2CCC(C2)[C@H]1F. The van der Waals surface area contributed by atoms with Crippen LogP contribution in [0.15, 0.2) is 0 Å². The Balaban J connectivity index is 2.15. The first-order chi connectivity index (χ1) is 4.29. The van der Waals surface area contributed by atoms with Gasteiger partial charge in [0.2, 0.25) is 0 Å². The average Bonchev–Trinajstić information content (AvgIpc) is 2.37. The average molecular weight is 115 g/mol. The van der Waals surface area contributed by atoms with E-state index in [4.69, 9.17) is 1.37 Å². The number of rotatable bonds is 0. The first-order valence-electron chi connectivity index (χ1n) is 3.93. The van der Waals surface area contributed by atoms with E-state index in [0.717, 1.165) is 19.3 Å². The van der Waals surface area contributed by atoms with Crippen LogP contribution in [-0.4, -0.2) is 6.17 Å². The largest absolute Gasteiger partial charge is 0.247 e. The van der Waals surface area contributed by atoms with Gasteiger partial charge in [0.15, 0.2) is 0 Å². The molecular formula is C7H11F. The van der Waals surface area contributed by atoms with Gasteiger partial charge in [-0.25, -0.2) is 4.39 Å². The van der Waals surface area contributed by atoms with E-state index in [0.29, 0.717) is 5.92 Å². The number of hydrogen-bond acceptors (Lipinski definition) is 0. The van der Waals surface area contributed by atoms with Crippen molar-refractivity contribution in [3.8, 4) is 0 Å². The van der Waals surface area contributed by atoms with Crippen molar-refractivity contribution >= 4 is 0 Å². The van der Waals surface area contributed by atoms with E-state index in [1.165, 1.54) is 0 Å². The third-order valence-corrected chi connectivity index (χ3v) is 2.42. The molecule has 2 bridgehead atoms. The second-order valence-corrected chi connectivity index (χ2v) is 2.97. The maximum Gasteiger partial charge on any atom is 0.103 e. The molecule has 8 heavy (non-hydrogen) atoms. The molecule has 2 fully saturated rings. The Kier molecular flexibility index (Phi) is 0.704. The fourth-order valence-electron chi connectivity index (χ4n) is 1.93. The summed E-state index contributed by atoms with van der Waals surface area (Å²) in [4.78, 5) is 0. The zero-order valence-electron chi connectivity index (χ0n) is 5.81. The van der Waals surface area contributed by atoms with E-state index in [2.05, 4.69) is 0 Å². The van der Waals surface area contributed by atoms with Gasteiger partial charge in [-0.2, -0.15) is 0 Å². The van der Waals surface area contributed by atoms with Crippen molar-refractivity contribution in [2.75, 3.05) is 0 Å². The van der Waals surface area contributed by atoms with Crippen molar-refractivity contribution in [1.29, 1.82) is 0 Å². The third kappa shape index (κ3) is 0.503. The van der Waals surface area contributed by atoms with E-state index < -0.39 is 6.17 Å². The molecule has 2 aliphatic carbocycles. The van der Waals surface area contributed by atoms with Crippen molar-refractivity contribution in [1.82, 2.24) is 0 Å². The molecule has 3 unspecified atom stereocenters. The van der Waals surface area contributed by atoms with Gasteiger partial charge in [0.1, 0.15) is 6.17 Å². The van der Waals surface area contributed by atoms with E-state index in [9.17, 15) is 4.39 Å². The second-order valence-electron chi connectivity index (χ2n) is 2.97. The van der Waals surface area contributed by atoms with Crippen LogP contribution in [0.4, 0.5) is 4.39 Å². The number of fused-ring (bicyclic) bond motifs is 2. The van der Waals surface area contributed by atoms with Gasteiger partial charge in [-0.05, 0) is 37.5 Å². The van der Waals surface area contributed by atoms with Crippen LogP contribution in [0.2, 0.25) is 0 Å². The molecule has 0 N–H and O–H groups in total. The van der Waals surface area contributed by atoms with Crippen molar-refractivity contribution in [2.45, 2.75) is 31.8 Å². The van der Waals surface area contributed by atoms with Crippen LogP contribution in [0.5, 0.6) is 0 Å². The van der Waals surface area contributed by atoms with Gasteiger partial charge < -0.3 is 0 Å². The minimum absolute atomic E-state index is 0.262. The fourth-order valence-corrected chi connectivity index (χ4v) is 1.93. The van der Waals surface area contributed by atoms with E-state index in [1.807, 2.05) is 0 Å². The molecule has 4 atom stereocenters. The summed E-state index contributed by atoms with van der Waals surface area (Å²) in [5.41, 5.74) is 0. The summed E-state index contributed by atoms with van der Waals surface area (Å²) in [7, 11) is 0. The van der Waals surface area contributed by atoms with Crippen molar-refractivity contribution in [3.63, 3.8) is 0 Å². The number of halogens is 1. The van der Waals surface area contributed by atoms with Gasteiger partial charge in [0.25, 0.3) is 0 Å². The molecule has 2 saturated carbocycles. The lowest BCUT2D eigenvalue weighted by Gasteiger charge is -2.11.